The number of likely N-dealkylation sites (tertiary alicyclic amines) is 1. The van der Waals surface area contributed by atoms with Crippen molar-refractivity contribution in [3.8, 4) is 0 Å². The van der Waals surface area contributed by atoms with Gasteiger partial charge in [-0.05, 0) is 19.8 Å². The highest BCUT2D eigenvalue weighted by atomic mass is 16.2. The Bertz CT molecular complexity index is 367. The molecule has 1 fully saturated rings. The van der Waals surface area contributed by atoms with Crippen LogP contribution < -0.4 is 5.73 Å². The Morgan fingerprint density at radius 1 is 1.56 bits per heavy atom. The van der Waals surface area contributed by atoms with E-state index in [0.717, 1.165) is 25.9 Å². The average molecular weight is 223 g/mol. The van der Waals surface area contributed by atoms with E-state index in [1.54, 1.807) is 10.9 Å². The number of carbonyl (C=O) groups excluding carboxylic acids is 1. The molecule has 1 aliphatic rings. The highest BCUT2D eigenvalue weighted by Gasteiger charge is 2.18. The summed E-state index contributed by atoms with van der Waals surface area (Å²) in [5.41, 5.74) is 6.39. The second-order valence-electron chi connectivity index (χ2n) is 4.22. The number of rotatable bonds is 3. The molecule has 2 heterocycles. The predicted octanol–water partition coefficient (Wildman–Crippen LogP) is -0.0798. The van der Waals surface area contributed by atoms with Gasteiger partial charge >= 0.3 is 0 Å². The molecule has 2 rings (SSSR count). The first-order valence-electron chi connectivity index (χ1n) is 5.60. The number of nitrogens with two attached hydrogens (primary N) is 1. The quantitative estimate of drug-likeness (QED) is 0.777. The highest BCUT2D eigenvalue weighted by molar-refractivity contribution is 5.76. The van der Waals surface area contributed by atoms with Gasteiger partial charge in [0.05, 0.1) is 11.9 Å². The van der Waals surface area contributed by atoms with E-state index in [2.05, 4.69) is 10.3 Å². The largest absolute Gasteiger partial charge is 0.341 e. The fourth-order valence-electron chi connectivity index (χ4n) is 1.80. The summed E-state index contributed by atoms with van der Waals surface area (Å²) >= 11 is 0. The summed E-state index contributed by atoms with van der Waals surface area (Å²) in [7, 11) is 0. The van der Waals surface area contributed by atoms with Crippen molar-refractivity contribution in [2.45, 2.75) is 32.4 Å². The van der Waals surface area contributed by atoms with Crippen LogP contribution in [0.1, 0.15) is 31.5 Å². The molecule has 6 nitrogen and oxygen atoms in total. The van der Waals surface area contributed by atoms with Gasteiger partial charge in [0.2, 0.25) is 5.91 Å². The molecule has 1 aromatic heterocycles. The lowest BCUT2D eigenvalue weighted by Crippen LogP contribution is -2.31. The third-order valence-electron chi connectivity index (χ3n) is 2.78. The zero-order valence-corrected chi connectivity index (χ0v) is 9.46. The first-order chi connectivity index (χ1) is 7.66. The second kappa shape index (κ2) is 4.61. The summed E-state index contributed by atoms with van der Waals surface area (Å²) in [5.74, 6) is 0.110. The summed E-state index contributed by atoms with van der Waals surface area (Å²) < 4.78 is 1.55. The van der Waals surface area contributed by atoms with Crippen LogP contribution in [0.4, 0.5) is 0 Å². The lowest BCUT2D eigenvalue weighted by molar-refractivity contribution is -0.130. The molecule has 0 aromatic carbocycles. The first-order valence-corrected chi connectivity index (χ1v) is 5.60. The van der Waals surface area contributed by atoms with E-state index in [0.29, 0.717) is 5.69 Å². The van der Waals surface area contributed by atoms with Crippen molar-refractivity contribution in [1.29, 1.82) is 0 Å². The third kappa shape index (κ3) is 2.38. The summed E-state index contributed by atoms with van der Waals surface area (Å²) in [6.45, 7) is 3.84. The molecule has 1 unspecified atom stereocenters. The molecule has 0 bridgehead atoms. The molecule has 0 saturated carbocycles. The van der Waals surface area contributed by atoms with Crippen LogP contribution in [-0.4, -0.2) is 38.9 Å². The van der Waals surface area contributed by atoms with Gasteiger partial charge in [-0.1, -0.05) is 5.21 Å². The lowest BCUT2D eigenvalue weighted by atomic mass is 10.3. The van der Waals surface area contributed by atoms with Crippen LogP contribution in [0.25, 0.3) is 0 Å². The van der Waals surface area contributed by atoms with Crippen molar-refractivity contribution in [3.63, 3.8) is 0 Å². The van der Waals surface area contributed by atoms with Gasteiger partial charge in [0.1, 0.15) is 6.54 Å². The van der Waals surface area contributed by atoms with Gasteiger partial charge < -0.3 is 10.6 Å². The molecule has 0 spiro atoms. The molecule has 1 amide bonds. The van der Waals surface area contributed by atoms with Gasteiger partial charge in [0, 0.05) is 19.1 Å². The number of nitrogens with zero attached hydrogens (tertiary/aromatic N) is 4. The van der Waals surface area contributed by atoms with E-state index in [-0.39, 0.29) is 18.5 Å². The molecule has 6 heteroatoms. The number of hydrogen-bond donors (Lipinski definition) is 1. The van der Waals surface area contributed by atoms with E-state index in [1.807, 2.05) is 11.8 Å². The fourth-order valence-corrected chi connectivity index (χ4v) is 1.80. The molecule has 1 aromatic rings. The highest BCUT2D eigenvalue weighted by Crippen LogP contribution is 2.09. The Labute approximate surface area is 94.4 Å². The summed E-state index contributed by atoms with van der Waals surface area (Å²) in [6, 6.07) is -0.143. The van der Waals surface area contributed by atoms with E-state index in [9.17, 15) is 4.79 Å². The Morgan fingerprint density at radius 2 is 2.25 bits per heavy atom. The molecule has 0 radical (unpaired) electrons. The summed E-state index contributed by atoms with van der Waals surface area (Å²) in [5, 5.41) is 7.80. The molecule has 2 N–H and O–H groups in total. The predicted molar refractivity (Wildman–Crippen MR) is 58.4 cm³/mol. The van der Waals surface area contributed by atoms with Crippen molar-refractivity contribution in [1.82, 2.24) is 19.9 Å². The lowest BCUT2D eigenvalue weighted by Gasteiger charge is -2.14. The van der Waals surface area contributed by atoms with Crippen LogP contribution in [0.3, 0.4) is 0 Å². The molecule has 16 heavy (non-hydrogen) atoms. The van der Waals surface area contributed by atoms with Gasteiger partial charge in [-0.15, -0.1) is 5.10 Å². The van der Waals surface area contributed by atoms with E-state index in [4.69, 9.17) is 5.73 Å². The fraction of sp³-hybridized carbons (Fsp3) is 0.700. The van der Waals surface area contributed by atoms with Crippen molar-refractivity contribution in [3.05, 3.63) is 11.9 Å². The minimum atomic E-state index is -0.143. The van der Waals surface area contributed by atoms with Gasteiger partial charge in [0.15, 0.2) is 0 Å². The number of amides is 1. The van der Waals surface area contributed by atoms with Crippen LogP contribution >= 0.6 is 0 Å². The molecule has 0 aliphatic carbocycles. The monoisotopic (exact) mass is 223 g/mol. The average Bonchev–Trinajstić information content (AvgIpc) is 2.87. The Kier molecular flexibility index (Phi) is 3.19. The molecular formula is C10H17N5O. The van der Waals surface area contributed by atoms with Gasteiger partial charge in [0.25, 0.3) is 0 Å². The van der Waals surface area contributed by atoms with E-state index < -0.39 is 0 Å². The number of hydrogen-bond acceptors (Lipinski definition) is 4. The van der Waals surface area contributed by atoms with Gasteiger partial charge in [-0.3, -0.25) is 4.79 Å². The Balaban J connectivity index is 1.95. The zero-order valence-electron chi connectivity index (χ0n) is 9.46. The molecular weight excluding hydrogens is 206 g/mol. The minimum Gasteiger partial charge on any atom is -0.341 e. The zero-order chi connectivity index (χ0) is 11.5. The minimum absolute atomic E-state index is 0.110. The molecule has 1 saturated heterocycles. The Hall–Kier alpha value is -1.43. The van der Waals surface area contributed by atoms with Crippen molar-refractivity contribution >= 4 is 5.91 Å². The summed E-state index contributed by atoms with van der Waals surface area (Å²) in [4.78, 5) is 13.7. The van der Waals surface area contributed by atoms with Gasteiger partial charge in [-0.2, -0.15) is 0 Å². The smallest absolute Gasteiger partial charge is 0.244 e. The van der Waals surface area contributed by atoms with Crippen LogP contribution in [0, 0.1) is 0 Å². The maximum Gasteiger partial charge on any atom is 0.244 e. The number of carbonyl (C=O) groups is 1. The van der Waals surface area contributed by atoms with Crippen molar-refractivity contribution < 1.29 is 4.79 Å². The van der Waals surface area contributed by atoms with E-state index in [1.165, 1.54) is 0 Å². The molecule has 1 aliphatic heterocycles. The third-order valence-corrected chi connectivity index (χ3v) is 2.78. The van der Waals surface area contributed by atoms with Crippen LogP contribution in [-0.2, 0) is 11.3 Å². The first kappa shape index (κ1) is 11.1. The maximum absolute atomic E-state index is 11.8. The topological polar surface area (TPSA) is 77.0 Å². The molecule has 1 atom stereocenters. The normalized spacial score (nSPS) is 17.8. The SMILES string of the molecule is CC(N)c1cn(CC(=O)N2CCCC2)nn1. The van der Waals surface area contributed by atoms with Crippen LogP contribution in [0.2, 0.25) is 0 Å². The van der Waals surface area contributed by atoms with Crippen molar-refractivity contribution in [2.75, 3.05) is 13.1 Å². The van der Waals surface area contributed by atoms with Crippen molar-refractivity contribution in [2.24, 2.45) is 5.73 Å². The number of aromatic nitrogens is 3. The summed E-state index contributed by atoms with van der Waals surface area (Å²) in [6.07, 6.45) is 3.95. The second-order valence-corrected chi connectivity index (χ2v) is 4.22. The Morgan fingerprint density at radius 3 is 2.81 bits per heavy atom. The maximum atomic E-state index is 11.8. The van der Waals surface area contributed by atoms with Crippen LogP contribution in [0.15, 0.2) is 6.20 Å². The van der Waals surface area contributed by atoms with Gasteiger partial charge in [-0.25, -0.2) is 4.68 Å². The standard InChI is InChI=1S/C10H17N5O/c1-8(11)9-6-15(13-12-9)7-10(16)14-4-2-3-5-14/h6,8H,2-5,7,11H2,1H3. The van der Waals surface area contributed by atoms with Crippen LogP contribution in [0.5, 0.6) is 0 Å². The molecule has 88 valence electrons. The van der Waals surface area contributed by atoms with E-state index >= 15 is 0 Å².